The fourth-order valence-corrected chi connectivity index (χ4v) is 1.67. The van der Waals surface area contributed by atoms with E-state index in [1.165, 1.54) is 0 Å². The standard InChI is InChI=1S/C10H20N2O2/c1-2-9(7-13)12-10(14)8-4-3-5-11-6-8/h8-9,11,13H,2-7H2,1H3,(H,12,14)/t8-,9+/m1/s1. The Kier molecular flexibility index (Phi) is 4.90. The molecule has 2 atom stereocenters. The average Bonchev–Trinajstić information content (AvgIpc) is 2.26. The normalized spacial score (nSPS) is 24.3. The van der Waals surface area contributed by atoms with Crippen LogP contribution in [0.3, 0.4) is 0 Å². The van der Waals surface area contributed by atoms with Crippen LogP contribution in [0.5, 0.6) is 0 Å². The van der Waals surface area contributed by atoms with Crippen molar-refractivity contribution >= 4 is 5.91 Å². The first kappa shape index (κ1) is 11.5. The van der Waals surface area contributed by atoms with Crippen LogP contribution in [-0.2, 0) is 4.79 Å². The van der Waals surface area contributed by atoms with Gasteiger partial charge in [0.05, 0.1) is 18.6 Å². The van der Waals surface area contributed by atoms with Gasteiger partial charge in [-0.2, -0.15) is 0 Å². The van der Waals surface area contributed by atoms with Gasteiger partial charge in [0.1, 0.15) is 0 Å². The fraction of sp³-hybridized carbons (Fsp3) is 0.900. The van der Waals surface area contributed by atoms with Crippen molar-refractivity contribution in [1.29, 1.82) is 0 Å². The van der Waals surface area contributed by atoms with Crippen LogP contribution in [0.15, 0.2) is 0 Å². The highest BCUT2D eigenvalue weighted by Gasteiger charge is 2.22. The van der Waals surface area contributed by atoms with E-state index in [4.69, 9.17) is 5.11 Å². The SMILES string of the molecule is CC[C@@H](CO)NC(=O)[C@@H]1CCCNC1. The molecule has 0 radical (unpaired) electrons. The molecule has 0 aromatic carbocycles. The molecule has 1 amide bonds. The largest absolute Gasteiger partial charge is 0.394 e. The molecule has 0 saturated carbocycles. The maximum atomic E-state index is 11.7. The number of aliphatic hydroxyl groups is 1. The summed E-state index contributed by atoms with van der Waals surface area (Å²) in [6.45, 7) is 3.78. The third kappa shape index (κ3) is 3.27. The number of amides is 1. The first-order chi connectivity index (χ1) is 6.77. The second-order valence-corrected chi connectivity index (χ2v) is 3.84. The van der Waals surface area contributed by atoms with Crippen LogP contribution in [0, 0.1) is 5.92 Å². The van der Waals surface area contributed by atoms with E-state index in [1.54, 1.807) is 0 Å². The number of nitrogens with one attached hydrogen (secondary N) is 2. The summed E-state index contributed by atoms with van der Waals surface area (Å²) in [5.74, 6) is 0.169. The smallest absolute Gasteiger partial charge is 0.224 e. The van der Waals surface area contributed by atoms with E-state index in [0.717, 1.165) is 32.4 Å². The quantitative estimate of drug-likeness (QED) is 0.592. The maximum Gasteiger partial charge on any atom is 0.224 e. The lowest BCUT2D eigenvalue weighted by atomic mass is 9.98. The molecule has 0 unspecified atom stereocenters. The van der Waals surface area contributed by atoms with Crippen molar-refractivity contribution in [2.75, 3.05) is 19.7 Å². The van der Waals surface area contributed by atoms with Crippen molar-refractivity contribution in [1.82, 2.24) is 10.6 Å². The van der Waals surface area contributed by atoms with Gasteiger partial charge in [0, 0.05) is 6.54 Å². The minimum absolute atomic E-state index is 0.0301. The summed E-state index contributed by atoms with van der Waals surface area (Å²) in [5.41, 5.74) is 0. The number of carbonyl (C=O) groups is 1. The molecule has 1 heterocycles. The number of hydrogen-bond acceptors (Lipinski definition) is 3. The number of carbonyl (C=O) groups excluding carboxylic acids is 1. The zero-order chi connectivity index (χ0) is 10.4. The molecular formula is C10H20N2O2. The van der Waals surface area contributed by atoms with Gasteiger partial charge >= 0.3 is 0 Å². The van der Waals surface area contributed by atoms with Gasteiger partial charge in [-0.05, 0) is 25.8 Å². The van der Waals surface area contributed by atoms with Crippen LogP contribution in [0.4, 0.5) is 0 Å². The summed E-state index contributed by atoms with van der Waals surface area (Å²) in [4.78, 5) is 11.7. The molecular weight excluding hydrogens is 180 g/mol. The van der Waals surface area contributed by atoms with E-state index in [2.05, 4.69) is 10.6 Å². The van der Waals surface area contributed by atoms with Gasteiger partial charge in [0.25, 0.3) is 0 Å². The van der Waals surface area contributed by atoms with Gasteiger partial charge in [0.15, 0.2) is 0 Å². The topological polar surface area (TPSA) is 61.4 Å². The van der Waals surface area contributed by atoms with Gasteiger partial charge < -0.3 is 15.7 Å². The summed E-state index contributed by atoms with van der Waals surface area (Å²) in [6.07, 6.45) is 2.80. The highest BCUT2D eigenvalue weighted by Crippen LogP contribution is 2.10. The van der Waals surface area contributed by atoms with Gasteiger partial charge in [-0.25, -0.2) is 0 Å². The minimum atomic E-state index is -0.0792. The summed E-state index contributed by atoms with van der Waals surface area (Å²) >= 11 is 0. The predicted molar refractivity (Wildman–Crippen MR) is 54.9 cm³/mol. The van der Waals surface area contributed by atoms with Gasteiger partial charge in [-0.1, -0.05) is 6.92 Å². The summed E-state index contributed by atoms with van der Waals surface area (Å²) in [6, 6.07) is -0.0792. The van der Waals surface area contributed by atoms with E-state index >= 15 is 0 Å². The zero-order valence-corrected chi connectivity index (χ0v) is 8.75. The van der Waals surface area contributed by atoms with Crippen LogP contribution in [0.25, 0.3) is 0 Å². The van der Waals surface area contributed by atoms with Crippen molar-refractivity contribution in [3.63, 3.8) is 0 Å². The van der Waals surface area contributed by atoms with E-state index in [1.807, 2.05) is 6.92 Å². The first-order valence-corrected chi connectivity index (χ1v) is 5.39. The fourth-order valence-electron chi connectivity index (χ4n) is 1.67. The van der Waals surface area contributed by atoms with Crippen molar-refractivity contribution in [3.8, 4) is 0 Å². The van der Waals surface area contributed by atoms with Gasteiger partial charge in [-0.15, -0.1) is 0 Å². The van der Waals surface area contributed by atoms with Crippen molar-refractivity contribution in [2.45, 2.75) is 32.2 Å². The third-order valence-corrected chi connectivity index (χ3v) is 2.73. The Morgan fingerprint density at radius 2 is 2.50 bits per heavy atom. The lowest BCUT2D eigenvalue weighted by Crippen LogP contribution is -2.45. The summed E-state index contributed by atoms with van der Waals surface area (Å²) in [7, 11) is 0. The molecule has 1 aliphatic rings. The van der Waals surface area contributed by atoms with Gasteiger partial charge in [0.2, 0.25) is 5.91 Å². The van der Waals surface area contributed by atoms with Crippen LogP contribution < -0.4 is 10.6 Å². The summed E-state index contributed by atoms with van der Waals surface area (Å²) < 4.78 is 0. The molecule has 0 spiro atoms. The first-order valence-electron chi connectivity index (χ1n) is 5.39. The van der Waals surface area contributed by atoms with E-state index in [-0.39, 0.29) is 24.5 Å². The molecule has 1 saturated heterocycles. The Balaban J connectivity index is 2.32. The van der Waals surface area contributed by atoms with Crippen molar-refractivity contribution in [2.24, 2.45) is 5.92 Å². The molecule has 1 aliphatic heterocycles. The highest BCUT2D eigenvalue weighted by molar-refractivity contribution is 5.79. The molecule has 0 aromatic heterocycles. The lowest BCUT2D eigenvalue weighted by Gasteiger charge is -2.24. The van der Waals surface area contributed by atoms with Gasteiger partial charge in [-0.3, -0.25) is 4.79 Å². The lowest BCUT2D eigenvalue weighted by molar-refractivity contribution is -0.126. The summed E-state index contributed by atoms with van der Waals surface area (Å²) in [5, 5.41) is 15.0. The zero-order valence-electron chi connectivity index (χ0n) is 8.75. The second-order valence-electron chi connectivity index (χ2n) is 3.84. The Morgan fingerprint density at radius 3 is 3.00 bits per heavy atom. The molecule has 0 aromatic rings. The van der Waals surface area contributed by atoms with E-state index in [9.17, 15) is 4.79 Å². The number of rotatable bonds is 4. The van der Waals surface area contributed by atoms with Crippen LogP contribution in [-0.4, -0.2) is 36.8 Å². The Bertz CT molecular complexity index is 175. The molecule has 3 N–H and O–H groups in total. The van der Waals surface area contributed by atoms with E-state index in [0.29, 0.717) is 0 Å². The van der Waals surface area contributed by atoms with E-state index < -0.39 is 0 Å². The Hall–Kier alpha value is -0.610. The van der Waals surface area contributed by atoms with Crippen molar-refractivity contribution in [3.05, 3.63) is 0 Å². The Morgan fingerprint density at radius 1 is 1.71 bits per heavy atom. The number of aliphatic hydroxyl groups excluding tert-OH is 1. The molecule has 1 rings (SSSR count). The number of hydrogen-bond donors (Lipinski definition) is 3. The molecule has 82 valence electrons. The number of piperidine rings is 1. The maximum absolute atomic E-state index is 11.7. The second kappa shape index (κ2) is 5.98. The molecule has 4 heteroatoms. The predicted octanol–water partition coefficient (Wildman–Crippen LogP) is -0.127. The molecule has 0 aliphatic carbocycles. The van der Waals surface area contributed by atoms with Crippen molar-refractivity contribution < 1.29 is 9.90 Å². The molecule has 14 heavy (non-hydrogen) atoms. The third-order valence-electron chi connectivity index (χ3n) is 2.73. The highest BCUT2D eigenvalue weighted by atomic mass is 16.3. The molecule has 1 fully saturated rings. The van der Waals surface area contributed by atoms with Crippen LogP contribution >= 0.6 is 0 Å². The molecule has 4 nitrogen and oxygen atoms in total. The molecule has 0 bridgehead atoms. The Labute approximate surface area is 85.1 Å². The van der Waals surface area contributed by atoms with Crippen LogP contribution in [0.2, 0.25) is 0 Å². The van der Waals surface area contributed by atoms with Crippen LogP contribution in [0.1, 0.15) is 26.2 Å². The monoisotopic (exact) mass is 200 g/mol. The average molecular weight is 200 g/mol. The minimum Gasteiger partial charge on any atom is -0.394 e.